The molecule has 1 aromatic carbocycles. The lowest BCUT2D eigenvalue weighted by Crippen LogP contribution is -2.29. The summed E-state index contributed by atoms with van der Waals surface area (Å²) in [4.78, 5) is 12.4. The number of carbonyl (C=O) groups excluding carboxylic acids is 1. The Kier molecular flexibility index (Phi) is 5.16. The van der Waals surface area contributed by atoms with E-state index in [4.69, 9.17) is 9.47 Å². The predicted octanol–water partition coefficient (Wildman–Crippen LogP) is 4.70. The van der Waals surface area contributed by atoms with Gasteiger partial charge >= 0.3 is 5.97 Å². The summed E-state index contributed by atoms with van der Waals surface area (Å²) in [6.07, 6.45) is 7.82. The lowest BCUT2D eigenvalue weighted by Gasteiger charge is -2.23. The maximum atomic E-state index is 12.4. The molecule has 0 spiro atoms. The number of ether oxygens (including phenoxy) is 2. The van der Waals surface area contributed by atoms with Crippen LogP contribution in [-0.2, 0) is 14.3 Å². The molecule has 150 valence electrons. The van der Waals surface area contributed by atoms with Crippen molar-refractivity contribution < 1.29 is 14.3 Å². The van der Waals surface area contributed by atoms with Crippen LogP contribution in [0.2, 0.25) is 0 Å². The fraction of sp³-hybridized carbons (Fsp3) is 0.292. The number of nitrogens with one attached hydrogen (secondary N) is 1. The van der Waals surface area contributed by atoms with Crippen molar-refractivity contribution in [1.82, 2.24) is 9.88 Å². The Hall–Kier alpha value is -3.05. The van der Waals surface area contributed by atoms with Gasteiger partial charge < -0.3 is 19.4 Å². The second kappa shape index (κ2) is 7.76. The van der Waals surface area contributed by atoms with Crippen LogP contribution in [0.25, 0.3) is 16.6 Å². The summed E-state index contributed by atoms with van der Waals surface area (Å²) in [6.45, 7) is 8.28. The highest BCUT2D eigenvalue weighted by Gasteiger charge is 2.45. The van der Waals surface area contributed by atoms with Crippen molar-refractivity contribution >= 4 is 22.6 Å². The fourth-order valence-corrected chi connectivity index (χ4v) is 4.11. The molecule has 3 unspecified atom stereocenters. The molecule has 1 fully saturated rings. The number of benzene rings is 1. The van der Waals surface area contributed by atoms with Crippen LogP contribution in [-0.4, -0.2) is 23.9 Å². The van der Waals surface area contributed by atoms with Crippen molar-refractivity contribution in [2.24, 2.45) is 5.92 Å². The van der Waals surface area contributed by atoms with Crippen LogP contribution in [0.1, 0.15) is 32.2 Å². The van der Waals surface area contributed by atoms with Gasteiger partial charge in [0.2, 0.25) is 0 Å². The molecule has 0 amide bonds. The number of methoxy groups -OCH3 is 1. The highest BCUT2D eigenvalue weighted by atomic mass is 16.5. The summed E-state index contributed by atoms with van der Waals surface area (Å²) >= 11 is 0. The second-order valence-electron chi connectivity index (χ2n) is 7.39. The van der Waals surface area contributed by atoms with Crippen molar-refractivity contribution in [3.8, 4) is 0 Å². The van der Waals surface area contributed by atoms with Gasteiger partial charge in [0, 0.05) is 11.8 Å². The first kappa shape index (κ1) is 19.3. The van der Waals surface area contributed by atoms with E-state index in [1.807, 2.05) is 43.4 Å². The van der Waals surface area contributed by atoms with E-state index in [2.05, 4.69) is 41.6 Å². The third kappa shape index (κ3) is 3.32. The number of esters is 1. The molecule has 5 heteroatoms. The number of aromatic nitrogens is 1. The summed E-state index contributed by atoms with van der Waals surface area (Å²) in [6, 6.07) is 10.3. The van der Waals surface area contributed by atoms with Crippen molar-refractivity contribution in [2.45, 2.75) is 32.7 Å². The summed E-state index contributed by atoms with van der Waals surface area (Å²) in [7, 11) is 1.43. The largest absolute Gasteiger partial charge is 0.469 e. The quantitative estimate of drug-likeness (QED) is 0.607. The molecule has 2 bridgehead atoms. The number of allylic oxidation sites excluding steroid dienone is 6. The highest BCUT2D eigenvalue weighted by molar-refractivity contribution is 5.87. The zero-order valence-corrected chi connectivity index (χ0v) is 17.0. The average Bonchev–Trinajstić information content (AvgIpc) is 3.26. The van der Waals surface area contributed by atoms with E-state index in [1.165, 1.54) is 7.11 Å². The van der Waals surface area contributed by atoms with Crippen molar-refractivity contribution in [3.05, 3.63) is 78.1 Å². The molecule has 2 aliphatic heterocycles. The lowest BCUT2D eigenvalue weighted by atomic mass is 10.0. The maximum Gasteiger partial charge on any atom is 0.313 e. The van der Waals surface area contributed by atoms with Gasteiger partial charge in [-0.15, -0.1) is 0 Å². The molecule has 5 nitrogen and oxygen atoms in total. The van der Waals surface area contributed by atoms with Gasteiger partial charge in [-0.3, -0.25) is 4.79 Å². The third-order valence-electron chi connectivity index (χ3n) is 5.64. The number of carbonyl (C=O) groups is 1. The minimum absolute atomic E-state index is 0.245. The van der Waals surface area contributed by atoms with Crippen LogP contribution in [0, 0.1) is 5.92 Å². The minimum atomic E-state index is -0.410. The topological polar surface area (TPSA) is 52.5 Å². The summed E-state index contributed by atoms with van der Waals surface area (Å²) < 4.78 is 13.4. The van der Waals surface area contributed by atoms with Gasteiger partial charge in [-0.2, -0.15) is 0 Å². The summed E-state index contributed by atoms with van der Waals surface area (Å²) in [5.41, 5.74) is 4.97. The molecule has 0 saturated carbocycles. The Balaban J connectivity index is 1.89. The molecule has 29 heavy (non-hydrogen) atoms. The van der Waals surface area contributed by atoms with Gasteiger partial charge in [0.05, 0.1) is 24.0 Å². The van der Waals surface area contributed by atoms with Crippen molar-refractivity contribution in [2.75, 3.05) is 7.11 Å². The van der Waals surface area contributed by atoms with E-state index >= 15 is 0 Å². The van der Waals surface area contributed by atoms with E-state index in [-0.39, 0.29) is 18.1 Å². The van der Waals surface area contributed by atoms with Crippen LogP contribution in [0.15, 0.2) is 72.4 Å². The van der Waals surface area contributed by atoms with Crippen LogP contribution in [0.4, 0.5) is 0 Å². The molecule has 0 radical (unpaired) electrons. The number of nitrogens with zero attached hydrogens (tertiary/aromatic N) is 1. The minimum Gasteiger partial charge on any atom is -0.469 e. The normalized spacial score (nSPS) is 25.1. The molecule has 2 aromatic rings. The predicted molar refractivity (Wildman–Crippen MR) is 115 cm³/mol. The molecule has 1 N–H and O–H groups in total. The first-order chi connectivity index (χ1) is 14.0. The SMILES string of the molecule is C=C(/C=C\C=C/C)/C(C)=C1\NC2CC(C(=O)OC)C(O2)n2c1cc1ccccc12. The molecule has 2 aliphatic rings. The Morgan fingerprint density at radius 2 is 2.14 bits per heavy atom. The molecule has 1 saturated heterocycles. The van der Waals surface area contributed by atoms with E-state index in [1.54, 1.807) is 0 Å². The van der Waals surface area contributed by atoms with E-state index in [0.717, 1.165) is 33.4 Å². The zero-order valence-electron chi connectivity index (χ0n) is 17.0. The zero-order chi connectivity index (χ0) is 20.5. The van der Waals surface area contributed by atoms with Gasteiger partial charge in [-0.25, -0.2) is 0 Å². The van der Waals surface area contributed by atoms with E-state index in [9.17, 15) is 4.79 Å². The Bertz CT molecular complexity index is 1060. The fourth-order valence-electron chi connectivity index (χ4n) is 4.11. The molecule has 4 rings (SSSR count). The molecular weight excluding hydrogens is 364 g/mol. The van der Waals surface area contributed by atoms with Crippen molar-refractivity contribution in [3.63, 3.8) is 0 Å². The monoisotopic (exact) mass is 390 g/mol. The average molecular weight is 390 g/mol. The second-order valence-corrected chi connectivity index (χ2v) is 7.39. The van der Waals surface area contributed by atoms with Gasteiger partial charge in [0.15, 0.2) is 6.23 Å². The Labute approximate surface area is 171 Å². The summed E-state index contributed by atoms with van der Waals surface area (Å²) in [5.74, 6) is -0.599. The molecular formula is C24H26N2O3. The van der Waals surface area contributed by atoms with Crippen LogP contribution < -0.4 is 5.32 Å². The first-order valence-electron chi connectivity index (χ1n) is 9.84. The molecule has 3 heterocycles. The molecule has 0 aliphatic carbocycles. The van der Waals surface area contributed by atoms with Crippen molar-refractivity contribution in [1.29, 1.82) is 0 Å². The van der Waals surface area contributed by atoms with Gasteiger partial charge in [0.1, 0.15) is 12.1 Å². The van der Waals surface area contributed by atoms with E-state index < -0.39 is 6.23 Å². The number of hydrogen-bond donors (Lipinski definition) is 1. The van der Waals surface area contributed by atoms with Gasteiger partial charge in [0.25, 0.3) is 0 Å². The number of hydrogen-bond acceptors (Lipinski definition) is 4. The summed E-state index contributed by atoms with van der Waals surface area (Å²) in [5, 5.41) is 4.62. The van der Waals surface area contributed by atoms with Gasteiger partial charge in [-0.1, -0.05) is 49.1 Å². The van der Waals surface area contributed by atoms with Crippen LogP contribution >= 0.6 is 0 Å². The Morgan fingerprint density at radius 1 is 1.34 bits per heavy atom. The third-order valence-corrected chi connectivity index (χ3v) is 5.64. The number of fused-ring (bicyclic) bond motifs is 6. The molecule has 3 atom stereocenters. The number of para-hydroxylation sites is 1. The smallest absolute Gasteiger partial charge is 0.313 e. The number of rotatable bonds is 4. The Morgan fingerprint density at radius 3 is 2.90 bits per heavy atom. The van der Waals surface area contributed by atoms with Crippen LogP contribution in [0.5, 0.6) is 0 Å². The van der Waals surface area contributed by atoms with Gasteiger partial charge in [-0.05, 0) is 37.1 Å². The van der Waals surface area contributed by atoms with Crippen LogP contribution in [0.3, 0.4) is 0 Å². The van der Waals surface area contributed by atoms with E-state index in [0.29, 0.717) is 6.42 Å². The first-order valence-corrected chi connectivity index (χ1v) is 9.84. The highest BCUT2D eigenvalue weighted by Crippen LogP contribution is 2.43. The lowest BCUT2D eigenvalue weighted by molar-refractivity contribution is -0.149. The standard InChI is InChI=1S/C24H26N2O3/c1-5-6-7-10-15(2)16(3)22-20-13-17-11-8-9-12-19(17)26(20)23-18(24(27)28-4)14-21(25-22)29-23/h5-13,18,21,23,25H,2,14H2,1,3-4H3/b6-5-,10-7-,22-16-. The maximum absolute atomic E-state index is 12.4. The molecule has 1 aromatic heterocycles.